The van der Waals surface area contributed by atoms with E-state index in [1.165, 1.54) is 6.08 Å². The molecule has 0 atom stereocenters. The summed E-state index contributed by atoms with van der Waals surface area (Å²) in [5.74, 6) is -0.361. The van der Waals surface area contributed by atoms with E-state index in [4.69, 9.17) is 0 Å². The van der Waals surface area contributed by atoms with Gasteiger partial charge in [-0.05, 0) is 47.7 Å². The van der Waals surface area contributed by atoms with E-state index in [1.807, 2.05) is 17.4 Å². The zero-order chi connectivity index (χ0) is 21.8. The lowest BCUT2D eigenvalue weighted by atomic mass is 10.0. The van der Waals surface area contributed by atoms with Crippen LogP contribution in [0.2, 0.25) is 0 Å². The minimum atomic E-state index is -4.98. The summed E-state index contributed by atoms with van der Waals surface area (Å²) < 4.78 is 77.2. The maximum absolute atomic E-state index is 12.9. The fourth-order valence-electron chi connectivity index (χ4n) is 2.62. The molecular weight excluding hydrogens is 396 g/mol. The maximum Gasteiger partial charge on any atom is 0.416 e. The van der Waals surface area contributed by atoms with Crippen molar-refractivity contribution in [2.75, 3.05) is 5.32 Å². The quantitative estimate of drug-likeness (QED) is 0.434. The molecule has 0 saturated carbocycles. The van der Waals surface area contributed by atoms with Crippen LogP contribution < -0.4 is 5.32 Å². The number of hydrogen-bond donors (Lipinski definition) is 1. The number of anilines is 1. The molecule has 0 aliphatic rings. The van der Waals surface area contributed by atoms with Gasteiger partial charge in [-0.3, -0.25) is 4.79 Å². The molecule has 29 heavy (non-hydrogen) atoms. The average molecular weight is 415 g/mol. The number of amides is 1. The molecule has 0 bridgehead atoms. The Balaban J connectivity index is 2.16. The van der Waals surface area contributed by atoms with Crippen molar-refractivity contribution in [3.8, 4) is 0 Å². The van der Waals surface area contributed by atoms with Crippen LogP contribution >= 0.6 is 0 Å². The van der Waals surface area contributed by atoms with Gasteiger partial charge in [0.25, 0.3) is 0 Å². The molecule has 0 aromatic heterocycles. The zero-order valence-corrected chi connectivity index (χ0v) is 15.7. The minimum Gasteiger partial charge on any atom is -0.322 e. The normalized spacial score (nSPS) is 12.6. The standard InChI is InChI=1S/C21H19F6NO/c1-13(2)9-15-5-3-14(4-6-15)7-8-19(29)28-18-11-16(20(22,23)24)10-17(12-18)21(25,26)27/h3-8,10-13H,9H2,1-2H3,(H,28,29). The van der Waals surface area contributed by atoms with Gasteiger partial charge in [-0.15, -0.1) is 0 Å². The number of hydrogen-bond acceptors (Lipinski definition) is 1. The van der Waals surface area contributed by atoms with Gasteiger partial charge in [0.15, 0.2) is 0 Å². The highest BCUT2D eigenvalue weighted by Gasteiger charge is 2.37. The third kappa shape index (κ3) is 6.96. The minimum absolute atomic E-state index is 0.00418. The second-order valence-electron chi connectivity index (χ2n) is 6.96. The Morgan fingerprint density at radius 3 is 1.90 bits per heavy atom. The van der Waals surface area contributed by atoms with Gasteiger partial charge in [-0.25, -0.2) is 0 Å². The second kappa shape index (κ2) is 8.71. The van der Waals surface area contributed by atoms with Gasteiger partial charge in [0.05, 0.1) is 11.1 Å². The van der Waals surface area contributed by atoms with Crippen LogP contribution in [-0.2, 0) is 23.6 Å². The molecule has 0 fully saturated rings. The van der Waals surface area contributed by atoms with Crippen molar-refractivity contribution in [3.63, 3.8) is 0 Å². The van der Waals surface area contributed by atoms with E-state index in [0.717, 1.165) is 18.1 Å². The Bertz CT molecular complexity index is 847. The summed E-state index contributed by atoms with van der Waals surface area (Å²) >= 11 is 0. The predicted octanol–water partition coefficient (Wildman–Crippen LogP) is 6.57. The van der Waals surface area contributed by atoms with Crippen LogP contribution in [0.15, 0.2) is 48.5 Å². The monoisotopic (exact) mass is 415 g/mol. The highest BCUT2D eigenvalue weighted by molar-refractivity contribution is 6.02. The molecule has 0 unspecified atom stereocenters. The van der Waals surface area contributed by atoms with E-state index < -0.39 is 35.1 Å². The first-order valence-corrected chi connectivity index (χ1v) is 8.72. The van der Waals surface area contributed by atoms with E-state index in [2.05, 4.69) is 13.8 Å². The molecule has 2 rings (SSSR count). The predicted molar refractivity (Wildman–Crippen MR) is 99.1 cm³/mol. The van der Waals surface area contributed by atoms with E-state index in [9.17, 15) is 31.1 Å². The first kappa shape index (κ1) is 22.5. The molecule has 1 N–H and O–H groups in total. The van der Waals surface area contributed by atoms with Crippen molar-refractivity contribution in [3.05, 3.63) is 70.8 Å². The number of carbonyl (C=O) groups is 1. The van der Waals surface area contributed by atoms with Crippen molar-refractivity contribution in [2.45, 2.75) is 32.6 Å². The fraction of sp³-hybridized carbons (Fsp3) is 0.286. The van der Waals surface area contributed by atoms with Crippen LogP contribution in [0.1, 0.15) is 36.1 Å². The van der Waals surface area contributed by atoms with Crippen LogP contribution in [0, 0.1) is 5.92 Å². The number of rotatable bonds is 5. The average Bonchev–Trinajstić information content (AvgIpc) is 2.59. The van der Waals surface area contributed by atoms with Gasteiger partial charge < -0.3 is 5.32 Å². The summed E-state index contributed by atoms with van der Waals surface area (Å²) in [4.78, 5) is 12.0. The zero-order valence-electron chi connectivity index (χ0n) is 15.7. The van der Waals surface area contributed by atoms with Crippen molar-refractivity contribution in [2.24, 2.45) is 5.92 Å². The van der Waals surface area contributed by atoms with Gasteiger partial charge in [0.2, 0.25) is 5.91 Å². The number of halogens is 6. The molecule has 2 aromatic rings. The maximum atomic E-state index is 12.9. The molecule has 8 heteroatoms. The fourth-order valence-corrected chi connectivity index (χ4v) is 2.62. The van der Waals surface area contributed by atoms with Gasteiger partial charge in [0.1, 0.15) is 0 Å². The van der Waals surface area contributed by atoms with Crippen LogP contribution in [0.25, 0.3) is 6.08 Å². The summed E-state index contributed by atoms with van der Waals surface area (Å²) in [5, 5.41) is 2.05. The second-order valence-corrected chi connectivity index (χ2v) is 6.96. The summed E-state index contributed by atoms with van der Waals surface area (Å²) in [6, 6.07) is 8.24. The largest absolute Gasteiger partial charge is 0.416 e. The SMILES string of the molecule is CC(C)Cc1ccc(C=CC(=O)Nc2cc(C(F)(F)F)cc(C(F)(F)F)c2)cc1. The number of nitrogens with one attached hydrogen (secondary N) is 1. The highest BCUT2D eigenvalue weighted by Crippen LogP contribution is 2.37. The lowest BCUT2D eigenvalue weighted by molar-refractivity contribution is -0.143. The Morgan fingerprint density at radius 2 is 1.45 bits per heavy atom. The van der Waals surface area contributed by atoms with Crippen molar-refractivity contribution >= 4 is 17.7 Å². The van der Waals surface area contributed by atoms with Crippen molar-refractivity contribution in [1.82, 2.24) is 0 Å². The molecule has 0 spiro atoms. The number of benzene rings is 2. The molecule has 0 aliphatic carbocycles. The summed E-state index contributed by atoms with van der Waals surface area (Å²) in [6.07, 6.45) is -6.60. The van der Waals surface area contributed by atoms with E-state index in [1.54, 1.807) is 12.1 Å². The van der Waals surface area contributed by atoms with Gasteiger partial charge in [-0.2, -0.15) is 26.3 Å². The van der Waals surface area contributed by atoms with Crippen LogP contribution in [0.3, 0.4) is 0 Å². The van der Waals surface area contributed by atoms with Gasteiger partial charge >= 0.3 is 12.4 Å². The third-order valence-corrected chi connectivity index (χ3v) is 3.91. The molecule has 0 radical (unpaired) electrons. The Morgan fingerprint density at radius 1 is 0.931 bits per heavy atom. The third-order valence-electron chi connectivity index (χ3n) is 3.91. The van der Waals surface area contributed by atoms with E-state index >= 15 is 0 Å². The Kier molecular flexibility index (Phi) is 6.77. The highest BCUT2D eigenvalue weighted by atomic mass is 19.4. The lowest BCUT2D eigenvalue weighted by Crippen LogP contribution is -2.14. The van der Waals surface area contributed by atoms with Crippen molar-refractivity contribution < 1.29 is 31.1 Å². The molecule has 2 nitrogen and oxygen atoms in total. The first-order chi connectivity index (χ1) is 13.3. The molecular formula is C21H19F6NO. The van der Waals surface area contributed by atoms with Crippen LogP contribution in [0.4, 0.5) is 32.0 Å². The van der Waals surface area contributed by atoms with Gasteiger partial charge in [0, 0.05) is 11.8 Å². The molecule has 0 heterocycles. The van der Waals surface area contributed by atoms with E-state index in [-0.39, 0.29) is 6.07 Å². The molecule has 0 saturated heterocycles. The van der Waals surface area contributed by atoms with Crippen LogP contribution in [0.5, 0.6) is 0 Å². The Hall–Kier alpha value is -2.77. The van der Waals surface area contributed by atoms with Crippen LogP contribution in [-0.4, -0.2) is 5.91 Å². The molecule has 1 amide bonds. The topological polar surface area (TPSA) is 29.1 Å². The lowest BCUT2D eigenvalue weighted by Gasteiger charge is -2.14. The summed E-state index contributed by atoms with van der Waals surface area (Å²) in [7, 11) is 0. The summed E-state index contributed by atoms with van der Waals surface area (Å²) in [5.41, 5.74) is -1.79. The Labute approximate surface area is 164 Å². The van der Waals surface area contributed by atoms with Gasteiger partial charge in [-0.1, -0.05) is 38.1 Å². The first-order valence-electron chi connectivity index (χ1n) is 8.72. The molecule has 156 valence electrons. The molecule has 0 aliphatic heterocycles. The molecule has 2 aromatic carbocycles. The number of alkyl halides is 6. The summed E-state index contributed by atoms with van der Waals surface area (Å²) in [6.45, 7) is 4.16. The smallest absolute Gasteiger partial charge is 0.322 e. The number of carbonyl (C=O) groups excluding carboxylic acids is 1. The van der Waals surface area contributed by atoms with Crippen molar-refractivity contribution in [1.29, 1.82) is 0 Å². The van der Waals surface area contributed by atoms with E-state index in [0.29, 0.717) is 23.6 Å².